The van der Waals surface area contributed by atoms with Gasteiger partial charge in [-0.15, -0.1) is 11.3 Å². The van der Waals surface area contributed by atoms with Crippen LogP contribution in [0.3, 0.4) is 0 Å². The number of aryl methyl sites for hydroxylation is 1. The van der Waals surface area contributed by atoms with Gasteiger partial charge in [0.1, 0.15) is 0 Å². The zero-order valence-electron chi connectivity index (χ0n) is 9.29. The second-order valence-electron chi connectivity index (χ2n) is 4.67. The molecule has 1 rings (SSSR count). The predicted octanol–water partition coefficient (Wildman–Crippen LogP) is 1.87. The molecule has 0 aliphatic rings. The van der Waals surface area contributed by atoms with Crippen LogP contribution in [0.5, 0.6) is 0 Å². The van der Waals surface area contributed by atoms with Crippen LogP contribution in [0, 0.1) is 12.3 Å². The third-order valence-corrected chi connectivity index (χ3v) is 3.28. The number of nitrogens with zero attached hydrogens (tertiary/aromatic N) is 1. The molecule has 80 valence electrons. The summed E-state index contributed by atoms with van der Waals surface area (Å²) in [5.41, 5.74) is 4.12. The lowest BCUT2D eigenvalue weighted by Gasteiger charge is -2.29. The molecule has 14 heavy (non-hydrogen) atoms. The normalized spacial score (nSPS) is 14.4. The fraction of sp³-hybridized carbons (Fsp3) is 0.700. The second-order valence-corrected chi connectivity index (χ2v) is 5.61. The molecular weight excluding hydrogens is 194 g/mol. The van der Waals surface area contributed by atoms with Crippen LogP contribution in [0.1, 0.15) is 31.5 Å². The van der Waals surface area contributed by atoms with Gasteiger partial charge in [0.2, 0.25) is 0 Å². The largest absolute Gasteiger partial charge is 0.271 e. The monoisotopic (exact) mass is 213 g/mol. The summed E-state index contributed by atoms with van der Waals surface area (Å²) >= 11 is 1.70. The SMILES string of the molecule is Cc1csc(CC(NN)C(C)(C)C)n1. The molecule has 1 aromatic rings. The van der Waals surface area contributed by atoms with Gasteiger partial charge in [-0.25, -0.2) is 4.98 Å². The summed E-state index contributed by atoms with van der Waals surface area (Å²) in [5, 5.41) is 3.23. The van der Waals surface area contributed by atoms with Gasteiger partial charge in [-0.3, -0.25) is 11.3 Å². The molecule has 0 spiro atoms. The van der Waals surface area contributed by atoms with Crippen LogP contribution in [0.25, 0.3) is 0 Å². The molecule has 0 radical (unpaired) electrons. The molecule has 1 atom stereocenters. The van der Waals surface area contributed by atoms with Gasteiger partial charge in [-0.1, -0.05) is 20.8 Å². The Morgan fingerprint density at radius 3 is 2.57 bits per heavy atom. The van der Waals surface area contributed by atoms with Crippen molar-refractivity contribution in [2.24, 2.45) is 11.3 Å². The van der Waals surface area contributed by atoms with E-state index in [0.717, 1.165) is 17.1 Å². The molecule has 0 fully saturated rings. The number of nitrogens with two attached hydrogens (primary N) is 1. The minimum absolute atomic E-state index is 0.161. The van der Waals surface area contributed by atoms with Gasteiger partial charge in [0.05, 0.1) is 5.01 Å². The quantitative estimate of drug-likeness (QED) is 0.595. The number of hydrazine groups is 1. The molecule has 0 amide bonds. The number of hydrogen-bond acceptors (Lipinski definition) is 4. The number of nitrogens with one attached hydrogen (secondary N) is 1. The van der Waals surface area contributed by atoms with E-state index in [2.05, 4.69) is 36.6 Å². The van der Waals surface area contributed by atoms with Crippen molar-refractivity contribution in [3.63, 3.8) is 0 Å². The van der Waals surface area contributed by atoms with Crippen LogP contribution in [-0.4, -0.2) is 11.0 Å². The van der Waals surface area contributed by atoms with Crippen LogP contribution >= 0.6 is 11.3 Å². The molecule has 1 aromatic heterocycles. The third-order valence-electron chi connectivity index (χ3n) is 2.29. The van der Waals surface area contributed by atoms with Crippen molar-refractivity contribution < 1.29 is 0 Å². The maximum atomic E-state index is 5.54. The molecule has 0 aromatic carbocycles. The van der Waals surface area contributed by atoms with Crippen molar-refractivity contribution in [2.75, 3.05) is 0 Å². The minimum atomic E-state index is 0.161. The molecule has 0 aliphatic heterocycles. The van der Waals surface area contributed by atoms with Gasteiger partial charge >= 0.3 is 0 Å². The highest BCUT2D eigenvalue weighted by atomic mass is 32.1. The molecule has 0 bridgehead atoms. The summed E-state index contributed by atoms with van der Waals surface area (Å²) in [6.45, 7) is 8.55. The van der Waals surface area contributed by atoms with E-state index in [-0.39, 0.29) is 11.5 Å². The van der Waals surface area contributed by atoms with Crippen molar-refractivity contribution in [3.05, 3.63) is 16.1 Å². The number of aromatic nitrogens is 1. The topological polar surface area (TPSA) is 50.9 Å². The molecule has 0 saturated carbocycles. The van der Waals surface area contributed by atoms with Crippen molar-refractivity contribution in [1.29, 1.82) is 0 Å². The van der Waals surface area contributed by atoms with Crippen LogP contribution in [-0.2, 0) is 6.42 Å². The molecule has 0 saturated heterocycles. The first-order valence-corrected chi connectivity index (χ1v) is 5.68. The Bertz CT molecular complexity index is 288. The Labute approximate surface area is 89.7 Å². The highest BCUT2D eigenvalue weighted by Gasteiger charge is 2.24. The van der Waals surface area contributed by atoms with Crippen molar-refractivity contribution in [2.45, 2.75) is 40.2 Å². The zero-order chi connectivity index (χ0) is 10.8. The van der Waals surface area contributed by atoms with Crippen molar-refractivity contribution >= 4 is 11.3 Å². The summed E-state index contributed by atoms with van der Waals surface area (Å²) in [6, 6.07) is 0.271. The standard InChI is InChI=1S/C10H19N3S/c1-7-6-14-9(12-7)5-8(13-11)10(2,3)4/h6,8,13H,5,11H2,1-4H3. The Morgan fingerprint density at radius 2 is 2.21 bits per heavy atom. The minimum Gasteiger partial charge on any atom is -0.271 e. The van der Waals surface area contributed by atoms with Gasteiger partial charge < -0.3 is 0 Å². The number of hydrogen-bond donors (Lipinski definition) is 2. The Hall–Kier alpha value is -0.450. The maximum Gasteiger partial charge on any atom is 0.0944 e. The highest BCUT2D eigenvalue weighted by Crippen LogP contribution is 2.23. The van der Waals surface area contributed by atoms with E-state index in [9.17, 15) is 0 Å². The van der Waals surface area contributed by atoms with E-state index in [1.807, 2.05) is 6.92 Å². The highest BCUT2D eigenvalue weighted by molar-refractivity contribution is 7.09. The Kier molecular flexibility index (Phi) is 3.64. The fourth-order valence-electron chi connectivity index (χ4n) is 1.29. The Balaban J connectivity index is 2.66. The van der Waals surface area contributed by atoms with E-state index in [1.54, 1.807) is 11.3 Å². The first-order valence-electron chi connectivity index (χ1n) is 4.80. The first kappa shape index (κ1) is 11.6. The van der Waals surface area contributed by atoms with Gasteiger partial charge in [0.15, 0.2) is 0 Å². The maximum absolute atomic E-state index is 5.54. The van der Waals surface area contributed by atoms with Gasteiger partial charge in [-0.05, 0) is 12.3 Å². The average molecular weight is 213 g/mol. The molecule has 4 heteroatoms. The Morgan fingerprint density at radius 1 is 1.57 bits per heavy atom. The smallest absolute Gasteiger partial charge is 0.0944 e. The zero-order valence-corrected chi connectivity index (χ0v) is 10.1. The number of rotatable bonds is 3. The van der Waals surface area contributed by atoms with E-state index in [1.165, 1.54) is 0 Å². The molecule has 3 nitrogen and oxygen atoms in total. The first-order chi connectivity index (χ1) is 6.43. The van der Waals surface area contributed by atoms with Gasteiger partial charge in [0.25, 0.3) is 0 Å². The molecule has 0 aliphatic carbocycles. The number of thiazole rings is 1. The van der Waals surface area contributed by atoms with Gasteiger partial charge in [-0.2, -0.15) is 0 Å². The van der Waals surface area contributed by atoms with Gasteiger partial charge in [0, 0.05) is 23.5 Å². The van der Waals surface area contributed by atoms with E-state index in [0.29, 0.717) is 0 Å². The van der Waals surface area contributed by atoms with E-state index < -0.39 is 0 Å². The van der Waals surface area contributed by atoms with Crippen LogP contribution in [0.15, 0.2) is 5.38 Å². The molecule has 3 N–H and O–H groups in total. The summed E-state index contributed by atoms with van der Waals surface area (Å²) in [5.74, 6) is 5.54. The van der Waals surface area contributed by atoms with Crippen LogP contribution in [0.4, 0.5) is 0 Å². The molecule has 1 heterocycles. The lowest BCUT2D eigenvalue weighted by atomic mass is 9.85. The summed E-state index contributed by atoms with van der Waals surface area (Å²) < 4.78 is 0. The summed E-state index contributed by atoms with van der Waals surface area (Å²) in [4.78, 5) is 4.43. The summed E-state index contributed by atoms with van der Waals surface area (Å²) in [7, 11) is 0. The van der Waals surface area contributed by atoms with E-state index in [4.69, 9.17) is 5.84 Å². The lowest BCUT2D eigenvalue weighted by Crippen LogP contribution is -2.45. The molecular formula is C10H19N3S. The van der Waals surface area contributed by atoms with Crippen molar-refractivity contribution in [1.82, 2.24) is 10.4 Å². The average Bonchev–Trinajstić information content (AvgIpc) is 2.45. The summed E-state index contributed by atoms with van der Waals surface area (Å²) in [6.07, 6.45) is 0.901. The van der Waals surface area contributed by atoms with Crippen LogP contribution in [0.2, 0.25) is 0 Å². The fourth-order valence-corrected chi connectivity index (χ4v) is 2.11. The predicted molar refractivity (Wildman–Crippen MR) is 61.1 cm³/mol. The molecule has 1 unspecified atom stereocenters. The van der Waals surface area contributed by atoms with E-state index >= 15 is 0 Å². The second kappa shape index (κ2) is 4.38. The third kappa shape index (κ3) is 3.04. The van der Waals surface area contributed by atoms with Crippen LogP contribution < -0.4 is 11.3 Å². The lowest BCUT2D eigenvalue weighted by molar-refractivity contribution is 0.268. The van der Waals surface area contributed by atoms with Crippen molar-refractivity contribution in [3.8, 4) is 0 Å².